The minimum Gasteiger partial charge on any atom is -0.462 e. The number of aromatic nitrogens is 4. The summed E-state index contributed by atoms with van der Waals surface area (Å²) in [5, 5.41) is 0.383. The molecule has 148 valence electrons. The summed E-state index contributed by atoms with van der Waals surface area (Å²) in [4.78, 5) is 47.3. The van der Waals surface area contributed by atoms with E-state index in [-0.39, 0.29) is 24.3 Å². The predicted molar refractivity (Wildman–Crippen MR) is 110 cm³/mol. The van der Waals surface area contributed by atoms with Crippen molar-refractivity contribution in [1.82, 2.24) is 18.9 Å². The fourth-order valence-corrected chi connectivity index (χ4v) is 4.32. The van der Waals surface area contributed by atoms with Crippen LogP contribution in [0.2, 0.25) is 0 Å². The van der Waals surface area contributed by atoms with Gasteiger partial charge in [-0.2, -0.15) is 0 Å². The SMILES string of the molecule is CCOC(=O)c1sc2ncn(Cc3cc(=O)n4c(C)cccc4n3)c(=O)c2c1C. The normalized spacial score (nSPS) is 11.3. The molecule has 0 bridgehead atoms. The summed E-state index contributed by atoms with van der Waals surface area (Å²) >= 11 is 1.14. The maximum atomic E-state index is 13.0. The van der Waals surface area contributed by atoms with Gasteiger partial charge in [-0.05, 0) is 38.5 Å². The number of rotatable bonds is 4. The van der Waals surface area contributed by atoms with Crippen molar-refractivity contribution in [2.75, 3.05) is 6.61 Å². The van der Waals surface area contributed by atoms with E-state index >= 15 is 0 Å². The summed E-state index contributed by atoms with van der Waals surface area (Å²) in [5.41, 5.74) is 1.82. The molecule has 0 saturated heterocycles. The van der Waals surface area contributed by atoms with Crippen LogP contribution in [0.25, 0.3) is 15.9 Å². The molecule has 0 atom stereocenters. The van der Waals surface area contributed by atoms with Crippen molar-refractivity contribution in [3.63, 3.8) is 0 Å². The fourth-order valence-electron chi connectivity index (χ4n) is 3.28. The predicted octanol–water partition coefficient (Wildman–Crippen LogP) is 2.31. The van der Waals surface area contributed by atoms with Crippen LogP contribution in [0.3, 0.4) is 0 Å². The lowest BCUT2D eigenvalue weighted by molar-refractivity contribution is 0.0531. The zero-order chi connectivity index (χ0) is 20.7. The highest BCUT2D eigenvalue weighted by Gasteiger charge is 2.20. The third kappa shape index (κ3) is 3.23. The van der Waals surface area contributed by atoms with Crippen molar-refractivity contribution >= 4 is 33.2 Å². The standard InChI is InChI=1S/C20H18N4O4S/c1-4-28-20(27)17-12(3)16-18(29-17)21-10-23(19(16)26)9-13-8-15(25)24-11(2)6-5-7-14(24)22-13/h5-8,10H,4,9H2,1-3H3. The number of hydrogen-bond donors (Lipinski definition) is 0. The van der Waals surface area contributed by atoms with Gasteiger partial charge in [-0.3, -0.25) is 18.6 Å². The lowest BCUT2D eigenvalue weighted by Crippen LogP contribution is -2.24. The smallest absolute Gasteiger partial charge is 0.348 e. The summed E-state index contributed by atoms with van der Waals surface area (Å²) in [6.45, 7) is 5.63. The molecule has 0 fully saturated rings. The van der Waals surface area contributed by atoms with E-state index in [2.05, 4.69) is 9.97 Å². The molecule has 4 rings (SSSR count). The van der Waals surface area contributed by atoms with Crippen LogP contribution in [0.15, 0.2) is 40.2 Å². The van der Waals surface area contributed by atoms with Gasteiger partial charge < -0.3 is 4.74 Å². The van der Waals surface area contributed by atoms with E-state index in [4.69, 9.17) is 4.74 Å². The van der Waals surface area contributed by atoms with Crippen LogP contribution in [-0.4, -0.2) is 31.5 Å². The van der Waals surface area contributed by atoms with Crippen molar-refractivity contribution in [3.8, 4) is 0 Å². The van der Waals surface area contributed by atoms with Crippen LogP contribution in [0.4, 0.5) is 0 Å². The van der Waals surface area contributed by atoms with E-state index in [1.807, 2.05) is 19.1 Å². The molecule has 0 aliphatic rings. The van der Waals surface area contributed by atoms with Gasteiger partial charge in [0, 0.05) is 11.8 Å². The number of thiophene rings is 1. The molecule has 9 heteroatoms. The molecular weight excluding hydrogens is 392 g/mol. The number of fused-ring (bicyclic) bond motifs is 2. The highest BCUT2D eigenvalue weighted by Crippen LogP contribution is 2.27. The molecule has 0 N–H and O–H groups in total. The summed E-state index contributed by atoms with van der Waals surface area (Å²) in [6, 6.07) is 6.82. The van der Waals surface area contributed by atoms with Crippen LogP contribution in [0.5, 0.6) is 0 Å². The molecule has 0 aliphatic heterocycles. The Labute approximate surface area is 169 Å². The monoisotopic (exact) mass is 410 g/mol. The molecule has 0 unspecified atom stereocenters. The van der Waals surface area contributed by atoms with E-state index in [1.54, 1.807) is 19.9 Å². The number of hydrogen-bond acceptors (Lipinski definition) is 7. The van der Waals surface area contributed by atoms with Crippen LogP contribution < -0.4 is 11.1 Å². The van der Waals surface area contributed by atoms with Crippen LogP contribution >= 0.6 is 11.3 Å². The number of pyridine rings is 1. The van der Waals surface area contributed by atoms with Crippen molar-refractivity contribution in [1.29, 1.82) is 0 Å². The Kier molecular flexibility index (Phi) is 4.75. The topological polar surface area (TPSA) is 95.6 Å². The first kappa shape index (κ1) is 19.0. The van der Waals surface area contributed by atoms with Crippen LogP contribution in [0, 0.1) is 13.8 Å². The number of carbonyl (C=O) groups is 1. The number of nitrogens with zero attached hydrogens (tertiary/aromatic N) is 4. The van der Waals surface area contributed by atoms with Crippen LogP contribution in [-0.2, 0) is 11.3 Å². The van der Waals surface area contributed by atoms with Gasteiger partial charge in [-0.25, -0.2) is 14.8 Å². The third-order valence-corrected chi connectivity index (χ3v) is 5.82. The number of aryl methyl sites for hydroxylation is 2. The molecule has 0 amide bonds. The Morgan fingerprint density at radius 2 is 2.03 bits per heavy atom. The largest absolute Gasteiger partial charge is 0.462 e. The molecule has 4 aromatic heterocycles. The Hall–Kier alpha value is -3.33. The lowest BCUT2D eigenvalue weighted by atomic mass is 10.2. The highest BCUT2D eigenvalue weighted by molar-refractivity contribution is 7.20. The van der Waals surface area contributed by atoms with Crippen molar-refractivity contribution in [2.24, 2.45) is 0 Å². The molecular formula is C20H18N4O4S. The minimum absolute atomic E-state index is 0.103. The minimum atomic E-state index is -0.460. The number of carbonyl (C=O) groups excluding carboxylic acids is 1. The van der Waals surface area contributed by atoms with Gasteiger partial charge in [-0.1, -0.05) is 6.07 Å². The van der Waals surface area contributed by atoms with Crippen molar-refractivity contribution < 1.29 is 9.53 Å². The van der Waals surface area contributed by atoms with E-state index in [1.165, 1.54) is 21.4 Å². The first-order valence-electron chi connectivity index (χ1n) is 9.04. The molecule has 0 saturated carbocycles. The zero-order valence-corrected chi connectivity index (χ0v) is 16.9. The highest BCUT2D eigenvalue weighted by atomic mass is 32.1. The van der Waals surface area contributed by atoms with E-state index in [9.17, 15) is 14.4 Å². The van der Waals surface area contributed by atoms with E-state index in [0.29, 0.717) is 32.0 Å². The lowest BCUT2D eigenvalue weighted by Gasteiger charge is -2.08. The average Bonchev–Trinajstić information content (AvgIpc) is 3.01. The first-order valence-corrected chi connectivity index (χ1v) is 9.86. The molecule has 0 spiro atoms. The van der Waals surface area contributed by atoms with Gasteiger partial charge in [0.15, 0.2) is 0 Å². The first-order chi connectivity index (χ1) is 13.9. The van der Waals surface area contributed by atoms with Gasteiger partial charge in [0.05, 0.1) is 30.6 Å². The third-order valence-electron chi connectivity index (χ3n) is 4.64. The Morgan fingerprint density at radius 3 is 2.79 bits per heavy atom. The summed E-state index contributed by atoms with van der Waals surface area (Å²) in [5.74, 6) is -0.460. The van der Waals surface area contributed by atoms with Gasteiger partial charge in [0.1, 0.15) is 15.4 Å². The van der Waals surface area contributed by atoms with Gasteiger partial charge in [0.25, 0.3) is 11.1 Å². The fraction of sp³-hybridized carbons (Fsp3) is 0.250. The molecule has 8 nitrogen and oxygen atoms in total. The summed E-state index contributed by atoms with van der Waals surface area (Å²) < 4.78 is 7.97. The molecule has 0 aromatic carbocycles. The van der Waals surface area contributed by atoms with Crippen molar-refractivity contribution in [2.45, 2.75) is 27.3 Å². The molecule has 4 aromatic rings. The Balaban J connectivity index is 1.79. The van der Waals surface area contributed by atoms with Gasteiger partial charge in [-0.15, -0.1) is 11.3 Å². The second-order valence-corrected chi connectivity index (χ2v) is 7.58. The zero-order valence-electron chi connectivity index (χ0n) is 16.1. The van der Waals surface area contributed by atoms with Crippen molar-refractivity contribution in [3.05, 3.63) is 73.1 Å². The van der Waals surface area contributed by atoms with E-state index in [0.717, 1.165) is 17.0 Å². The quantitative estimate of drug-likeness (QED) is 0.479. The summed E-state index contributed by atoms with van der Waals surface area (Å²) in [6.07, 6.45) is 1.41. The van der Waals surface area contributed by atoms with Crippen LogP contribution in [0.1, 0.15) is 33.5 Å². The van der Waals surface area contributed by atoms with Gasteiger partial charge in [0.2, 0.25) is 0 Å². The number of ether oxygens (including phenoxy) is 1. The molecule has 29 heavy (non-hydrogen) atoms. The van der Waals surface area contributed by atoms with E-state index < -0.39 is 5.97 Å². The van der Waals surface area contributed by atoms with Gasteiger partial charge >= 0.3 is 5.97 Å². The maximum Gasteiger partial charge on any atom is 0.348 e. The Bertz CT molecular complexity index is 1380. The number of esters is 1. The average molecular weight is 410 g/mol. The molecule has 0 aliphatic carbocycles. The molecule has 4 heterocycles. The second kappa shape index (κ2) is 7.25. The Morgan fingerprint density at radius 1 is 1.24 bits per heavy atom. The molecule has 0 radical (unpaired) electrons. The maximum absolute atomic E-state index is 13.0. The summed E-state index contributed by atoms with van der Waals surface area (Å²) in [7, 11) is 0. The second-order valence-electron chi connectivity index (χ2n) is 6.58.